The summed E-state index contributed by atoms with van der Waals surface area (Å²) < 4.78 is 34.4. The summed E-state index contributed by atoms with van der Waals surface area (Å²) in [6, 6.07) is 27.8. The lowest BCUT2D eigenvalue weighted by atomic mass is 10.0. The molecule has 0 bridgehead atoms. The summed E-state index contributed by atoms with van der Waals surface area (Å²) in [4.78, 5) is 15.0. The number of hydrogen-bond acceptors (Lipinski definition) is 6. The van der Waals surface area contributed by atoms with Crippen LogP contribution in [-0.4, -0.2) is 40.1 Å². The second kappa shape index (κ2) is 13.9. The molecule has 0 aliphatic carbocycles. The summed E-state index contributed by atoms with van der Waals surface area (Å²) in [7, 11) is -0.983. The van der Waals surface area contributed by atoms with Crippen molar-refractivity contribution in [3.63, 3.8) is 0 Å². The monoisotopic (exact) mass is 625 g/mol. The van der Waals surface area contributed by atoms with Gasteiger partial charge >= 0.3 is 0 Å². The Balaban J connectivity index is 1.57. The highest BCUT2D eigenvalue weighted by Gasteiger charge is 2.22. The molecule has 0 heterocycles. The number of ether oxygens (including phenoxy) is 1. The smallest absolute Gasteiger partial charge is 0.264 e. The fourth-order valence-electron chi connectivity index (χ4n) is 4.01. The highest BCUT2D eigenvalue weighted by Crippen LogP contribution is 2.33. The van der Waals surface area contributed by atoms with Crippen LogP contribution in [0.3, 0.4) is 0 Å². The van der Waals surface area contributed by atoms with Gasteiger partial charge in [-0.05, 0) is 78.3 Å². The predicted molar refractivity (Wildman–Crippen MR) is 168 cm³/mol. The number of nitrogens with one attached hydrogen (secondary N) is 3. The van der Waals surface area contributed by atoms with Crippen LogP contribution >= 0.6 is 35.6 Å². The third-order valence-corrected chi connectivity index (χ3v) is 9.12. The predicted octanol–water partition coefficient (Wildman–Crippen LogP) is 5.92. The second-order valence-electron chi connectivity index (χ2n) is 8.81. The van der Waals surface area contributed by atoms with E-state index in [9.17, 15) is 13.2 Å². The molecular formula is C30H28ClN3O4S3. The standard InChI is InChI=1S/C30H28ClN3O4S3/c1-32-30(39)34-41(36,37)28-18-20(16-17-33-29(35)26-19-22(31)11-15-27(26)38-2)8-14-25(28)21-9-12-24(13-10-21)40-23-6-4-3-5-7-23/h3-15,18-19H,16-17H2,1-2H3,(H,33,35)(H2,32,34,39). The lowest BCUT2D eigenvalue weighted by Crippen LogP contribution is -2.37. The topological polar surface area (TPSA) is 96.5 Å². The maximum atomic E-state index is 13.4. The molecule has 212 valence electrons. The van der Waals surface area contributed by atoms with Gasteiger partial charge in [0.1, 0.15) is 5.75 Å². The molecule has 4 aromatic carbocycles. The zero-order valence-corrected chi connectivity index (χ0v) is 25.5. The van der Waals surface area contributed by atoms with E-state index in [1.807, 2.05) is 60.7 Å². The summed E-state index contributed by atoms with van der Waals surface area (Å²) >= 11 is 12.8. The van der Waals surface area contributed by atoms with E-state index < -0.39 is 10.0 Å². The normalized spacial score (nSPS) is 11.0. The third-order valence-electron chi connectivity index (χ3n) is 6.04. The summed E-state index contributed by atoms with van der Waals surface area (Å²) in [5, 5.41) is 5.89. The van der Waals surface area contributed by atoms with E-state index in [0.29, 0.717) is 28.3 Å². The molecule has 0 saturated carbocycles. The average Bonchev–Trinajstić information content (AvgIpc) is 2.97. The van der Waals surface area contributed by atoms with Crippen molar-refractivity contribution in [2.45, 2.75) is 21.1 Å². The Morgan fingerprint density at radius 2 is 1.66 bits per heavy atom. The minimum Gasteiger partial charge on any atom is -0.496 e. The van der Waals surface area contributed by atoms with Crippen molar-refractivity contribution in [2.24, 2.45) is 0 Å². The van der Waals surface area contributed by atoms with Crippen molar-refractivity contribution in [2.75, 3.05) is 20.7 Å². The van der Waals surface area contributed by atoms with E-state index in [1.54, 1.807) is 43.1 Å². The molecule has 0 atom stereocenters. The Labute approximate surface area is 254 Å². The number of thiocarbonyl (C=S) groups is 1. The molecule has 0 aliphatic heterocycles. The van der Waals surface area contributed by atoms with Gasteiger partial charge in [0.2, 0.25) is 0 Å². The molecule has 0 aliphatic rings. The van der Waals surface area contributed by atoms with Crippen LogP contribution in [0.5, 0.6) is 5.75 Å². The van der Waals surface area contributed by atoms with Crippen molar-refractivity contribution in [3.05, 3.63) is 107 Å². The number of hydrogen-bond donors (Lipinski definition) is 3. The second-order valence-corrected chi connectivity index (χ2v) is 12.4. The molecule has 0 spiro atoms. The van der Waals surface area contributed by atoms with Gasteiger partial charge in [-0.2, -0.15) is 0 Å². The minimum absolute atomic E-state index is 0.0151. The number of rotatable bonds is 10. The first-order valence-electron chi connectivity index (χ1n) is 12.5. The molecule has 0 unspecified atom stereocenters. The Morgan fingerprint density at radius 1 is 0.951 bits per heavy atom. The molecule has 7 nitrogen and oxygen atoms in total. The summed E-state index contributed by atoms with van der Waals surface area (Å²) in [6.45, 7) is 0.265. The highest BCUT2D eigenvalue weighted by atomic mass is 35.5. The first-order valence-corrected chi connectivity index (χ1v) is 15.6. The first-order chi connectivity index (χ1) is 19.7. The van der Waals surface area contributed by atoms with Crippen LogP contribution in [0.15, 0.2) is 106 Å². The quantitative estimate of drug-likeness (QED) is 0.188. The van der Waals surface area contributed by atoms with Crippen LogP contribution in [0.2, 0.25) is 5.02 Å². The van der Waals surface area contributed by atoms with Crippen molar-refractivity contribution in [3.8, 4) is 16.9 Å². The molecule has 0 fully saturated rings. The van der Waals surface area contributed by atoms with Crippen molar-refractivity contribution < 1.29 is 17.9 Å². The van der Waals surface area contributed by atoms with Gasteiger partial charge in [-0.1, -0.05) is 65.8 Å². The van der Waals surface area contributed by atoms with Gasteiger partial charge in [-0.3, -0.25) is 9.52 Å². The minimum atomic E-state index is -4.01. The SMILES string of the molecule is CNC(=S)NS(=O)(=O)c1cc(CCNC(=O)c2cc(Cl)ccc2OC)ccc1-c1ccc(Sc2ccccc2)cc1. The zero-order valence-electron chi connectivity index (χ0n) is 22.3. The number of sulfonamides is 1. The zero-order chi connectivity index (χ0) is 29.4. The molecule has 3 N–H and O–H groups in total. The van der Waals surface area contributed by atoms with E-state index in [4.69, 9.17) is 28.6 Å². The molecular weight excluding hydrogens is 598 g/mol. The summed E-state index contributed by atoms with van der Waals surface area (Å²) in [5.74, 6) is 0.0627. The maximum absolute atomic E-state index is 13.4. The lowest BCUT2D eigenvalue weighted by molar-refractivity contribution is 0.0951. The van der Waals surface area contributed by atoms with Gasteiger partial charge in [0.05, 0.1) is 17.6 Å². The summed E-state index contributed by atoms with van der Waals surface area (Å²) in [6.07, 6.45) is 0.389. The molecule has 4 aromatic rings. The number of carbonyl (C=O) groups excluding carboxylic acids is 1. The molecule has 1 amide bonds. The number of methoxy groups -OCH3 is 1. The Kier molecular flexibility index (Phi) is 10.3. The van der Waals surface area contributed by atoms with E-state index in [1.165, 1.54) is 13.2 Å². The molecule has 0 aromatic heterocycles. The third kappa shape index (κ3) is 8.01. The van der Waals surface area contributed by atoms with Crippen LogP contribution in [0.25, 0.3) is 11.1 Å². The number of benzene rings is 4. The molecule has 4 rings (SSSR count). The maximum Gasteiger partial charge on any atom is 0.264 e. The van der Waals surface area contributed by atoms with E-state index in [-0.39, 0.29) is 22.5 Å². The fourth-order valence-corrected chi connectivity index (χ4v) is 6.59. The van der Waals surface area contributed by atoms with E-state index in [2.05, 4.69) is 15.4 Å². The van der Waals surface area contributed by atoms with Crippen LogP contribution in [0.1, 0.15) is 15.9 Å². The molecule has 11 heteroatoms. The molecule has 0 radical (unpaired) electrons. The molecule has 0 saturated heterocycles. The highest BCUT2D eigenvalue weighted by molar-refractivity contribution is 7.99. The number of carbonyl (C=O) groups is 1. The molecule has 41 heavy (non-hydrogen) atoms. The Bertz CT molecular complexity index is 1650. The van der Waals surface area contributed by atoms with Crippen molar-refractivity contribution in [1.82, 2.24) is 15.4 Å². The summed E-state index contributed by atoms with van der Waals surface area (Å²) in [5.41, 5.74) is 2.31. The Morgan fingerprint density at radius 3 is 2.34 bits per heavy atom. The van der Waals surface area contributed by atoms with Gasteiger partial charge in [0, 0.05) is 34.0 Å². The van der Waals surface area contributed by atoms with Gasteiger partial charge in [0.15, 0.2) is 5.11 Å². The Hall–Kier alpha value is -3.57. The van der Waals surface area contributed by atoms with Gasteiger partial charge in [-0.15, -0.1) is 0 Å². The number of amides is 1. The first kappa shape index (κ1) is 30.4. The van der Waals surface area contributed by atoms with Crippen LogP contribution in [0, 0.1) is 0 Å². The van der Waals surface area contributed by atoms with Crippen LogP contribution < -0.4 is 20.1 Å². The van der Waals surface area contributed by atoms with Gasteiger partial charge in [0.25, 0.3) is 15.9 Å². The van der Waals surface area contributed by atoms with Crippen molar-refractivity contribution in [1.29, 1.82) is 0 Å². The largest absolute Gasteiger partial charge is 0.496 e. The van der Waals surface area contributed by atoms with E-state index in [0.717, 1.165) is 20.9 Å². The fraction of sp³-hybridized carbons (Fsp3) is 0.133. The van der Waals surface area contributed by atoms with Crippen molar-refractivity contribution >= 4 is 56.6 Å². The lowest BCUT2D eigenvalue weighted by Gasteiger charge is -2.15. The van der Waals surface area contributed by atoms with Crippen LogP contribution in [0.4, 0.5) is 0 Å². The number of halogens is 1. The average molecular weight is 626 g/mol. The van der Waals surface area contributed by atoms with E-state index >= 15 is 0 Å². The van der Waals surface area contributed by atoms with Gasteiger partial charge < -0.3 is 15.4 Å². The van der Waals surface area contributed by atoms with Gasteiger partial charge in [-0.25, -0.2) is 8.42 Å². The van der Waals surface area contributed by atoms with Crippen LogP contribution in [-0.2, 0) is 16.4 Å².